The van der Waals surface area contributed by atoms with Gasteiger partial charge < -0.3 is 9.08 Å². The van der Waals surface area contributed by atoms with Crippen molar-refractivity contribution in [1.29, 1.82) is 0 Å². The van der Waals surface area contributed by atoms with Crippen LogP contribution in [0.4, 0.5) is 5.69 Å². The molecule has 2 aromatic carbocycles. The van der Waals surface area contributed by atoms with Crippen molar-refractivity contribution in [3.05, 3.63) is 52.5 Å². The Labute approximate surface area is 152 Å². The molecule has 1 aliphatic rings. The Balaban J connectivity index is 1.96. The number of benzene rings is 2. The largest absolute Gasteiger partial charge is 0.377 e. The molecular formula is C18H18ClNO4S. The summed E-state index contributed by atoms with van der Waals surface area (Å²) in [5.74, 6) is 0.0455. The van der Waals surface area contributed by atoms with Gasteiger partial charge in [-0.15, -0.1) is 0 Å². The number of aryl methyl sites for hydroxylation is 2. The molecule has 0 fully saturated rings. The van der Waals surface area contributed by atoms with E-state index in [1.54, 1.807) is 35.2 Å². The highest BCUT2D eigenvalue weighted by Crippen LogP contribution is 2.32. The molecule has 0 spiro atoms. The average molecular weight is 380 g/mol. The predicted molar refractivity (Wildman–Crippen MR) is 96.8 cm³/mol. The Morgan fingerprint density at radius 3 is 2.68 bits per heavy atom. The van der Waals surface area contributed by atoms with E-state index in [0.29, 0.717) is 13.0 Å². The topological polar surface area (TPSA) is 63.7 Å². The fraction of sp³-hybridized carbons (Fsp3) is 0.278. The second kappa shape index (κ2) is 6.69. The molecule has 0 bridgehead atoms. The van der Waals surface area contributed by atoms with Gasteiger partial charge in [-0.2, -0.15) is 8.42 Å². The number of halogens is 1. The highest BCUT2D eigenvalue weighted by Gasteiger charge is 2.24. The zero-order valence-corrected chi connectivity index (χ0v) is 15.5. The number of fused-ring (bicyclic) bond motifs is 1. The van der Waals surface area contributed by atoms with Gasteiger partial charge in [0.15, 0.2) is 5.75 Å². The van der Waals surface area contributed by atoms with Crippen LogP contribution >= 0.6 is 11.6 Å². The first kappa shape index (κ1) is 17.8. The first-order valence-corrected chi connectivity index (χ1v) is 9.68. The van der Waals surface area contributed by atoms with Crippen LogP contribution in [-0.2, 0) is 21.3 Å². The van der Waals surface area contributed by atoms with Gasteiger partial charge in [0.1, 0.15) is 4.90 Å². The van der Waals surface area contributed by atoms with Crippen molar-refractivity contribution >= 4 is 33.3 Å². The minimum Gasteiger partial charge on any atom is -0.377 e. The molecule has 1 amide bonds. The molecule has 0 aromatic heterocycles. The molecule has 0 N–H and O–H groups in total. The number of hydrogen-bond acceptors (Lipinski definition) is 4. The van der Waals surface area contributed by atoms with Crippen molar-refractivity contribution in [3.8, 4) is 5.75 Å². The minimum atomic E-state index is -4.01. The third-order valence-electron chi connectivity index (χ3n) is 4.12. The summed E-state index contributed by atoms with van der Waals surface area (Å²) in [6, 6.07) is 9.64. The van der Waals surface area contributed by atoms with E-state index in [2.05, 4.69) is 0 Å². The molecule has 132 valence electrons. The molecule has 7 heteroatoms. The Hall–Kier alpha value is -2.05. The van der Waals surface area contributed by atoms with Crippen LogP contribution in [-0.4, -0.2) is 20.9 Å². The minimum absolute atomic E-state index is 0.0502. The van der Waals surface area contributed by atoms with Gasteiger partial charge in [-0.05, 0) is 61.2 Å². The molecule has 0 aliphatic carbocycles. The predicted octanol–water partition coefficient (Wildman–Crippen LogP) is 3.72. The van der Waals surface area contributed by atoms with Gasteiger partial charge in [0.2, 0.25) is 5.91 Å². The monoisotopic (exact) mass is 379 g/mol. The highest BCUT2D eigenvalue weighted by molar-refractivity contribution is 7.87. The third kappa shape index (κ3) is 3.65. The molecule has 2 aromatic rings. The summed E-state index contributed by atoms with van der Waals surface area (Å²) >= 11 is 6.03. The summed E-state index contributed by atoms with van der Waals surface area (Å²) in [4.78, 5) is 13.4. The summed E-state index contributed by atoms with van der Waals surface area (Å²) in [5.41, 5.74) is 2.42. The molecule has 0 saturated carbocycles. The van der Waals surface area contributed by atoms with E-state index in [1.165, 1.54) is 13.0 Å². The van der Waals surface area contributed by atoms with Gasteiger partial charge in [0.25, 0.3) is 0 Å². The smallest absolute Gasteiger partial charge is 0.339 e. The maximum Gasteiger partial charge on any atom is 0.339 e. The lowest BCUT2D eigenvalue weighted by Crippen LogP contribution is -2.33. The molecule has 0 atom stereocenters. The van der Waals surface area contributed by atoms with Crippen LogP contribution in [0.3, 0.4) is 0 Å². The Bertz CT molecular complexity index is 940. The van der Waals surface area contributed by atoms with E-state index in [-0.39, 0.29) is 21.6 Å². The van der Waals surface area contributed by atoms with E-state index in [4.69, 9.17) is 15.8 Å². The second-order valence-electron chi connectivity index (χ2n) is 6.04. The normalized spacial score (nSPS) is 14.1. The van der Waals surface area contributed by atoms with Gasteiger partial charge >= 0.3 is 10.1 Å². The zero-order chi connectivity index (χ0) is 18.2. The third-order valence-corrected chi connectivity index (χ3v) is 5.67. The first-order chi connectivity index (χ1) is 11.8. The second-order valence-corrected chi connectivity index (χ2v) is 7.99. The fourth-order valence-corrected chi connectivity index (χ4v) is 4.09. The van der Waals surface area contributed by atoms with Gasteiger partial charge in [0, 0.05) is 19.2 Å². The van der Waals surface area contributed by atoms with E-state index in [9.17, 15) is 13.2 Å². The number of amides is 1. The van der Waals surface area contributed by atoms with E-state index in [1.807, 2.05) is 6.92 Å². The van der Waals surface area contributed by atoms with E-state index < -0.39 is 10.1 Å². The quantitative estimate of drug-likeness (QED) is 0.762. The van der Waals surface area contributed by atoms with Crippen molar-refractivity contribution in [2.75, 3.05) is 11.4 Å². The molecule has 3 rings (SSSR count). The Morgan fingerprint density at radius 1 is 1.20 bits per heavy atom. The lowest BCUT2D eigenvalue weighted by atomic mass is 10.0. The van der Waals surface area contributed by atoms with Crippen LogP contribution in [0.1, 0.15) is 24.5 Å². The Morgan fingerprint density at radius 2 is 1.96 bits per heavy atom. The summed E-state index contributed by atoms with van der Waals surface area (Å²) in [7, 11) is -4.01. The van der Waals surface area contributed by atoms with E-state index >= 15 is 0 Å². The van der Waals surface area contributed by atoms with Crippen molar-refractivity contribution < 1.29 is 17.4 Å². The maximum absolute atomic E-state index is 12.6. The number of carbonyl (C=O) groups is 1. The van der Waals surface area contributed by atoms with Crippen LogP contribution in [0.2, 0.25) is 5.02 Å². The number of rotatable bonds is 3. The average Bonchev–Trinajstić information content (AvgIpc) is 2.56. The van der Waals surface area contributed by atoms with Gasteiger partial charge in [0.05, 0.1) is 5.02 Å². The van der Waals surface area contributed by atoms with Crippen LogP contribution < -0.4 is 9.08 Å². The summed E-state index contributed by atoms with van der Waals surface area (Å²) in [6.45, 7) is 3.97. The lowest BCUT2D eigenvalue weighted by molar-refractivity contribution is -0.116. The maximum atomic E-state index is 12.6. The van der Waals surface area contributed by atoms with Crippen LogP contribution in [0, 0.1) is 6.92 Å². The number of anilines is 1. The molecule has 0 saturated heterocycles. The van der Waals surface area contributed by atoms with Crippen molar-refractivity contribution in [2.45, 2.75) is 31.6 Å². The van der Waals surface area contributed by atoms with Gasteiger partial charge in [-0.3, -0.25) is 4.79 Å². The molecule has 1 heterocycles. The molecule has 0 radical (unpaired) electrons. The highest BCUT2D eigenvalue weighted by atomic mass is 35.5. The number of carbonyl (C=O) groups excluding carboxylic acids is 1. The Kier molecular flexibility index (Phi) is 4.75. The zero-order valence-electron chi connectivity index (χ0n) is 14.0. The molecule has 0 unspecified atom stereocenters. The number of hydrogen-bond donors (Lipinski definition) is 0. The van der Waals surface area contributed by atoms with Crippen LogP contribution in [0.5, 0.6) is 5.75 Å². The standard InChI is InChI=1S/C18H18ClNO4S/c1-12-5-7-16(19)18(10-12)24-25(22,23)15-6-8-17-14(11-15)4-3-9-20(17)13(2)21/h5-8,10-11H,3-4,9H2,1-2H3. The molecular weight excluding hydrogens is 362 g/mol. The molecule has 5 nitrogen and oxygen atoms in total. The van der Waals surface area contributed by atoms with E-state index in [0.717, 1.165) is 23.2 Å². The molecule has 1 aliphatic heterocycles. The first-order valence-electron chi connectivity index (χ1n) is 7.89. The SMILES string of the molecule is CC(=O)N1CCCc2cc(S(=O)(=O)Oc3cc(C)ccc3Cl)ccc21. The van der Waals surface area contributed by atoms with Crippen LogP contribution in [0.15, 0.2) is 41.3 Å². The van der Waals surface area contributed by atoms with Crippen LogP contribution in [0.25, 0.3) is 0 Å². The van der Waals surface area contributed by atoms with Gasteiger partial charge in [-0.25, -0.2) is 0 Å². The van der Waals surface area contributed by atoms with Gasteiger partial charge in [-0.1, -0.05) is 17.7 Å². The summed E-state index contributed by atoms with van der Waals surface area (Å²) in [6.07, 6.45) is 1.51. The van der Waals surface area contributed by atoms with Crippen molar-refractivity contribution in [3.63, 3.8) is 0 Å². The number of nitrogens with zero attached hydrogens (tertiary/aromatic N) is 1. The lowest BCUT2D eigenvalue weighted by Gasteiger charge is -2.28. The van der Waals surface area contributed by atoms with Crippen molar-refractivity contribution in [1.82, 2.24) is 0 Å². The fourth-order valence-electron chi connectivity index (χ4n) is 2.90. The van der Waals surface area contributed by atoms with Crippen molar-refractivity contribution in [2.24, 2.45) is 0 Å². The summed E-state index contributed by atoms with van der Waals surface area (Å²) in [5, 5.41) is 0.231. The molecule has 25 heavy (non-hydrogen) atoms. The summed E-state index contributed by atoms with van der Waals surface area (Å²) < 4.78 is 30.4.